The van der Waals surface area contributed by atoms with Crippen molar-refractivity contribution >= 4 is 23.1 Å². The van der Waals surface area contributed by atoms with Gasteiger partial charge in [0.15, 0.2) is 0 Å². The number of H-pyrrole nitrogens is 1. The van der Waals surface area contributed by atoms with Gasteiger partial charge in [-0.05, 0) is 12.5 Å². The third-order valence-electron chi connectivity index (χ3n) is 2.91. The summed E-state index contributed by atoms with van der Waals surface area (Å²) in [6, 6.07) is 0. The van der Waals surface area contributed by atoms with Crippen LogP contribution in [0.5, 0.6) is 0 Å². The van der Waals surface area contributed by atoms with Crippen LogP contribution in [-0.2, 0) is 11.2 Å². The van der Waals surface area contributed by atoms with Crippen LogP contribution in [0.2, 0.25) is 0 Å². The molecular formula is C14H17N3O2. The first kappa shape index (κ1) is 13.3. The molecular weight excluding hydrogens is 242 g/mol. The summed E-state index contributed by atoms with van der Waals surface area (Å²) in [6.07, 6.45) is 5.24. The molecule has 2 rings (SSSR count). The largest absolute Gasteiger partial charge is 0.478 e. The zero-order valence-corrected chi connectivity index (χ0v) is 11.3. The number of nitrogens with zero attached hydrogens (tertiary/aromatic N) is 2. The number of fused-ring (bicyclic) bond motifs is 1. The number of rotatable bonds is 4. The zero-order valence-electron chi connectivity index (χ0n) is 11.3. The number of nitrogens with one attached hydrogen (secondary N) is 1. The summed E-state index contributed by atoms with van der Waals surface area (Å²) in [4.78, 5) is 22.7. The number of aromatic nitrogens is 3. The van der Waals surface area contributed by atoms with Gasteiger partial charge in [0.05, 0.1) is 5.69 Å². The van der Waals surface area contributed by atoms with Gasteiger partial charge in [0.1, 0.15) is 11.5 Å². The number of aliphatic carboxylic acids is 1. The standard InChI is InChI=1S/C14H17N3O2/c1-4-10-12-9(5-6-11(18)19)7-15-14(12)17-13(16-10)8(2)3/h5-8H,4H2,1-3H3,(H,18,19)(H,15,16,17)/b6-5+. The predicted molar refractivity (Wildman–Crippen MR) is 74.0 cm³/mol. The summed E-state index contributed by atoms with van der Waals surface area (Å²) in [5.41, 5.74) is 2.52. The van der Waals surface area contributed by atoms with Gasteiger partial charge in [-0.25, -0.2) is 14.8 Å². The smallest absolute Gasteiger partial charge is 0.328 e. The van der Waals surface area contributed by atoms with Gasteiger partial charge in [-0.2, -0.15) is 0 Å². The summed E-state index contributed by atoms with van der Waals surface area (Å²) in [5.74, 6) is 0.100. The Bertz CT molecular complexity index is 641. The molecule has 2 aromatic heterocycles. The van der Waals surface area contributed by atoms with Crippen LogP contribution in [-0.4, -0.2) is 26.0 Å². The molecule has 0 aromatic carbocycles. The number of aromatic amines is 1. The fraction of sp³-hybridized carbons (Fsp3) is 0.357. The lowest BCUT2D eigenvalue weighted by atomic mass is 10.1. The molecule has 5 nitrogen and oxygen atoms in total. The van der Waals surface area contributed by atoms with Gasteiger partial charge < -0.3 is 10.1 Å². The van der Waals surface area contributed by atoms with Crippen molar-refractivity contribution in [1.29, 1.82) is 0 Å². The van der Waals surface area contributed by atoms with Crippen LogP contribution in [0.4, 0.5) is 0 Å². The van der Waals surface area contributed by atoms with Gasteiger partial charge in [-0.1, -0.05) is 20.8 Å². The van der Waals surface area contributed by atoms with Crippen molar-refractivity contribution in [1.82, 2.24) is 15.0 Å². The topological polar surface area (TPSA) is 78.9 Å². The monoisotopic (exact) mass is 259 g/mol. The van der Waals surface area contributed by atoms with E-state index in [4.69, 9.17) is 5.11 Å². The van der Waals surface area contributed by atoms with Crippen LogP contribution in [0.25, 0.3) is 17.1 Å². The quantitative estimate of drug-likeness (QED) is 0.827. The van der Waals surface area contributed by atoms with Crippen LogP contribution in [0.1, 0.15) is 43.8 Å². The van der Waals surface area contributed by atoms with Crippen LogP contribution in [0, 0.1) is 0 Å². The SMILES string of the molecule is CCc1nc(C(C)C)nc2[nH]cc(/C=C/C(=O)O)c12. The summed E-state index contributed by atoms with van der Waals surface area (Å²) < 4.78 is 0. The van der Waals surface area contributed by atoms with E-state index in [0.717, 1.165) is 40.6 Å². The van der Waals surface area contributed by atoms with Gasteiger partial charge in [0.2, 0.25) is 0 Å². The molecule has 0 fully saturated rings. The highest BCUT2D eigenvalue weighted by molar-refractivity contribution is 5.93. The predicted octanol–water partition coefficient (Wildman–Crippen LogP) is 2.74. The second kappa shape index (κ2) is 5.22. The van der Waals surface area contributed by atoms with E-state index in [1.807, 2.05) is 6.92 Å². The molecule has 0 spiro atoms. The summed E-state index contributed by atoms with van der Waals surface area (Å²) in [5, 5.41) is 9.61. The molecule has 0 aliphatic heterocycles. The fourth-order valence-electron chi connectivity index (χ4n) is 1.96. The first-order valence-corrected chi connectivity index (χ1v) is 6.31. The normalized spacial score (nSPS) is 11.8. The molecule has 2 N–H and O–H groups in total. The van der Waals surface area contributed by atoms with Gasteiger partial charge in [0, 0.05) is 29.1 Å². The van der Waals surface area contributed by atoms with Crippen molar-refractivity contribution < 1.29 is 9.90 Å². The molecule has 0 aliphatic rings. The van der Waals surface area contributed by atoms with E-state index in [1.165, 1.54) is 0 Å². The minimum Gasteiger partial charge on any atom is -0.478 e. The lowest BCUT2D eigenvalue weighted by molar-refractivity contribution is -0.131. The van der Waals surface area contributed by atoms with Crippen LogP contribution in [0.15, 0.2) is 12.3 Å². The van der Waals surface area contributed by atoms with Gasteiger partial charge >= 0.3 is 5.97 Å². The van der Waals surface area contributed by atoms with E-state index in [-0.39, 0.29) is 5.92 Å². The number of carboxylic acids is 1. The molecule has 19 heavy (non-hydrogen) atoms. The number of hydrogen-bond donors (Lipinski definition) is 2. The van der Waals surface area contributed by atoms with Gasteiger partial charge in [0.25, 0.3) is 0 Å². The summed E-state index contributed by atoms with van der Waals surface area (Å²) >= 11 is 0. The van der Waals surface area contributed by atoms with Crippen molar-refractivity contribution in [2.45, 2.75) is 33.1 Å². The van der Waals surface area contributed by atoms with E-state index < -0.39 is 5.97 Å². The third-order valence-corrected chi connectivity index (χ3v) is 2.91. The Kier molecular flexibility index (Phi) is 3.64. The summed E-state index contributed by atoms with van der Waals surface area (Å²) in [6.45, 7) is 6.13. The first-order valence-electron chi connectivity index (χ1n) is 6.31. The average molecular weight is 259 g/mol. The molecule has 0 saturated heterocycles. The Morgan fingerprint density at radius 2 is 2.21 bits per heavy atom. The second-order valence-electron chi connectivity index (χ2n) is 4.68. The third kappa shape index (κ3) is 2.65. The summed E-state index contributed by atoms with van der Waals surface area (Å²) in [7, 11) is 0. The molecule has 0 unspecified atom stereocenters. The van der Waals surface area contributed by atoms with Crippen molar-refractivity contribution in [2.75, 3.05) is 0 Å². The molecule has 0 amide bonds. The van der Waals surface area contributed by atoms with E-state index in [9.17, 15) is 4.79 Å². The Morgan fingerprint density at radius 1 is 1.47 bits per heavy atom. The maximum Gasteiger partial charge on any atom is 0.328 e. The fourth-order valence-corrected chi connectivity index (χ4v) is 1.96. The molecule has 0 radical (unpaired) electrons. The lowest BCUT2D eigenvalue weighted by Crippen LogP contribution is -2.02. The maximum absolute atomic E-state index is 10.6. The minimum absolute atomic E-state index is 0.260. The molecule has 100 valence electrons. The zero-order chi connectivity index (χ0) is 14.0. The van der Waals surface area contributed by atoms with E-state index >= 15 is 0 Å². The van der Waals surface area contributed by atoms with Gasteiger partial charge in [-0.15, -0.1) is 0 Å². The first-order chi connectivity index (χ1) is 9.02. The molecule has 0 bridgehead atoms. The molecule has 2 aromatic rings. The van der Waals surface area contributed by atoms with Crippen molar-refractivity contribution in [3.8, 4) is 0 Å². The maximum atomic E-state index is 10.6. The Morgan fingerprint density at radius 3 is 2.79 bits per heavy atom. The highest BCUT2D eigenvalue weighted by atomic mass is 16.4. The molecule has 2 heterocycles. The molecule has 0 atom stereocenters. The van der Waals surface area contributed by atoms with Gasteiger partial charge in [-0.3, -0.25) is 0 Å². The van der Waals surface area contributed by atoms with Crippen molar-refractivity contribution in [2.24, 2.45) is 0 Å². The van der Waals surface area contributed by atoms with E-state index in [0.29, 0.717) is 0 Å². The lowest BCUT2D eigenvalue weighted by Gasteiger charge is -2.07. The van der Waals surface area contributed by atoms with E-state index in [1.54, 1.807) is 12.3 Å². The number of aryl methyl sites for hydroxylation is 1. The Labute approximate surface area is 111 Å². The van der Waals surface area contributed by atoms with E-state index in [2.05, 4.69) is 28.8 Å². The Balaban J connectivity index is 2.61. The minimum atomic E-state index is -0.966. The molecule has 0 saturated carbocycles. The number of carbonyl (C=O) groups is 1. The average Bonchev–Trinajstić information content (AvgIpc) is 2.78. The van der Waals surface area contributed by atoms with Crippen LogP contribution in [0.3, 0.4) is 0 Å². The highest BCUT2D eigenvalue weighted by Crippen LogP contribution is 2.24. The molecule has 0 aliphatic carbocycles. The second-order valence-corrected chi connectivity index (χ2v) is 4.68. The van der Waals surface area contributed by atoms with Crippen LogP contribution < -0.4 is 0 Å². The number of hydrogen-bond acceptors (Lipinski definition) is 3. The molecule has 5 heteroatoms. The Hall–Kier alpha value is -2.17. The van der Waals surface area contributed by atoms with Crippen molar-refractivity contribution in [3.63, 3.8) is 0 Å². The number of carboxylic acid groups (broad SMARTS) is 1. The highest BCUT2D eigenvalue weighted by Gasteiger charge is 2.13. The van der Waals surface area contributed by atoms with Crippen molar-refractivity contribution in [3.05, 3.63) is 29.4 Å². The van der Waals surface area contributed by atoms with Crippen LogP contribution >= 0.6 is 0 Å².